The number of benzene rings is 1. The Kier molecular flexibility index (Phi) is 4.65. The lowest BCUT2D eigenvalue weighted by Crippen LogP contribution is -2.19. The molecule has 0 amide bonds. The van der Waals surface area contributed by atoms with E-state index in [1.54, 1.807) is 13.2 Å². The van der Waals surface area contributed by atoms with Gasteiger partial charge in [0, 0.05) is 19.7 Å². The number of anilines is 1. The minimum atomic E-state index is 0.694. The molecule has 0 saturated carbocycles. The van der Waals surface area contributed by atoms with Crippen LogP contribution in [0.5, 0.6) is 5.75 Å². The normalized spacial score (nSPS) is 9.62. The Hall–Kier alpha value is -1.69. The first-order valence-electron chi connectivity index (χ1n) is 5.52. The number of nitriles is 1. The highest BCUT2D eigenvalue weighted by molar-refractivity contribution is 5.61. The van der Waals surface area contributed by atoms with Gasteiger partial charge in [-0.15, -0.1) is 0 Å². The molecule has 0 aliphatic carbocycles. The van der Waals surface area contributed by atoms with Crippen molar-refractivity contribution in [2.24, 2.45) is 0 Å². The average molecular weight is 218 g/mol. The number of hydrogen-bond donors (Lipinski definition) is 0. The van der Waals surface area contributed by atoms with Crippen molar-refractivity contribution in [1.82, 2.24) is 0 Å². The van der Waals surface area contributed by atoms with E-state index >= 15 is 0 Å². The Labute approximate surface area is 97.3 Å². The summed E-state index contributed by atoms with van der Waals surface area (Å²) in [6, 6.07) is 7.74. The quantitative estimate of drug-likeness (QED) is 0.762. The first-order chi connectivity index (χ1) is 7.72. The van der Waals surface area contributed by atoms with Gasteiger partial charge in [0.15, 0.2) is 0 Å². The highest BCUT2D eigenvalue weighted by atomic mass is 16.5. The van der Waals surface area contributed by atoms with Crippen molar-refractivity contribution in [3.05, 3.63) is 23.8 Å². The van der Waals surface area contributed by atoms with Crippen LogP contribution in [-0.2, 0) is 0 Å². The highest BCUT2D eigenvalue weighted by Gasteiger charge is 2.08. The van der Waals surface area contributed by atoms with Crippen LogP contribution < -0.4 is 9.64 Å². The third-order valence-corrected chi connectivity index (χ3v) is 2.58. The van der Waals surface area contributed by atoms with E-state index in [4.69, 9.17) is 10.00 Å². The molecule has 1 aromatic rings. The zero-order valence-electron chi connectivity index (χ0n) is 10.2. The van der Waals surface area contributed by atoms with Crippen LogP contribution in [0.1, 0.15) is 25.3 Å². The largest absolute Gasteiger partial charge is 0.497 e. The first kappa shape index (κ1) is 12.4. The van der Waals surface area contributed by atoms with E-state index in [1.165, 1.54) is 0 Å². The molecule has 1 aromatic carbocycles. The fourth-order valence-electron chi connectivity index (χ4n) is 1.56. The average Bonchev–Trinajstić information content (AvgIpc) is 2.35. The van der Waals surface area contributed by atoms with Crippen molar-refractivity contribution in [3.8, 4) is 11.8 Å². The van der Waals surface area contributed by atoms with E-state index in [0.717, 1.165) is 30.8 Å². The number of nitrogens with zero attached hydrogens (tertiary/aromatic N) is 2. The molecule has 0 saturated heterocycles. The number of rotatable bonds is 5. The predicted octanol–water partition coefficient (Wildman–Crippen LogP) is 2.80. The van der Waals surface area contributed by atoms with Gasteiger partial charge in [-0.05, 0) is 18.6 Å². The van der Waals surface area contributed by atoms with Crippen LogP contribution in [0, 0.1) is 11.3 Å². The van der Waals surface area contributed by atoms with E-state index in [-0.39, 0.29) is 0 Å². The van der Waals surface area contributed by atoms with Crippen LogP contribution in [0.2, 0.25) is 0 Å². The molecule has 0 atom stereocenters. The van der Waals surface area contributed by atoms with Crippen molar-refractivity contribution in [2.45, 2.75) is 19.8 Å². The van der Waals surface area contributed by atoms with Crippen molar-refractivity contribution in [2.75, 3.05) is 25.6 Å². The summed E-state index contributed by atoms with van der Waals surface area (Å²) >= 11 is 0. The van der Waals surface area contributed by atoms with Crippen molar-refractivity contribution in [1.29, 1.82) is 5.26 Å². The summed E-state index contributed by atoms with van der Waals surface area (Å²) in [4.78, 5) is 2.10. The standard InChI is InChI=1S/C13H18N2O/c1-4-5-8-15(2)13-9-12(16-3)7-6-11(13)10-14/h6-7,9H,4-5,8H2,1-3H3. The van der Waals surface area contributed by atoms with Crippen LogP contribution in [0.15, 0.2) is 18.2 Å². The Morgan fingerprint density at radius 3 is 2.75 bits per heavy atom. The summed E-state index contributed by atoms with van der Waals surface area (Å²) in [6.07, 6.45) is 2.27. The van der Waals surface area contributed by atoms with E-state index in [1.807, 2.05) is 19.2 Å². The molecule has 0 bridgehead atoms. The van der Waals surface area contributed by atoms with Gasteiger partial charge in [-0.25, -0.2) is 0 Å². The van der Waals surface area contributed by atoms with Crippen LogP contribution in [0.3, 0.4) is 0 Å². The second-order valence-electron chi connectivity index (χ2n) is 3.77. The van der Waals surface area contributed by atoms with Crippen molar-refractivity contribution >= 4 is 5.69 Å². The van der Waals surface area contributed by atoms with E-state index in [2.05, 4.69) is 17.9 Å². The minimum absolute atomic E-state index is 0.694. The maximum atomic E-state index is 9.04. The molecule has 0 aliphatic rings. The molecule has 0 unspecified atom stereocenters. The van der Waals surface area contributed by atoms with E-state index in [9.17, 15) is 0 Å². The van der Waals surface area contributed by atoms with Gasteiger partial charge in [0.05, 0.1) is 18.4 Å². The summed E-state index contributed by atoms with van der Waals surface area (Å²) in [5.41, 5.74) is 1.63. The lowest BCUT2D eigenvalue weighted by Gasteiger charge is -2.20. The lowest BCUT2D eigenvalue weighted by molar-refractivity contribution is 0.415. The molecule has 16 heavy (non-hydrogen) atoms. The first-order valence-corrected chi connectivity index (χ1v) is 5.52. The Morgan fingerprint density at radius 1 is 1.44 bits per heavy atom. The zero-order chi connectivity index (χ0) is 12.0. The SMILES string of the molecule is CCCCN(C)c1cc(OC)ccc1C#N. The Balaban J connectivity index is 2.95. The summed E-state index contributed by atoms with van der Waals surface area (Å²) < 4.78 is 5.17. The number of unbranched alkanes of at least 4 members (excludes halogenated alkanes) is 1. The maximum absolute atomic E-state index is 9.04. The Morgan fingerprint density at radius 2 is 2.19 bits per heavy atom. The molecule has 0 radical (unpaired) electrons. The predicted molar refractivity (Wildman–Crippen MR) is 65.9 cm³/mol. The molecule has 3 heteroatoms. The number of ether oxygens (including phenoxy) is 1. The highest BCUT2D eigenvalue weighted by Crippen LogP contribution is 2.24. The summed E-state index contributed by atoms with van der Waals surface area (Å²) in [5.74, 6) is 0.789. The van der Waals surface area contributed by atoms with Gasteiger partial charge in [-0.1, -0.05) is 13.3 Å². The summed E-state index contributed by atoms with van der Waals surface area (Å²) in [5, 5.41) is 9.04. The summed E-state index contributed by atoms with van der Waals surface area (Å²) in [6.45, 7) is 3.11. The smallest absolute Gasteiger partial charge is 0.121 e. The Bertz CT molecular complexity index is 382. The second kappa shape index (κ2) is 6.02. The summed E-state index contributed by atoms with van der Waals surface area (Å²) in [7, 11) is 3.64. The van der Waals surface area contributed by atoms with Gasteiger partial charge in [-0.3, -0.25) is 0 Å². The van der Waals surface area contributed by atoms with Crippen molar-refractivity contribution in [3.63, 3.8) is 0 Å². The lowest BCUT2D eigenvalue weighted by atomic mass is 10.1. The van der Waals surface area contributed by atoms with E-state index < -0.39 is 0 Å². The van der Waals surface area contributed by atoms with Gasteiger partial charge in [0.25, 0.3) is 0 Å². The molecule has 1 rings (SSSR count). The third-order valence-electron chi connectivity index (χ3n) is 2.58. The molecule has 3 nitrogen and oxygen atoms in total. The van der Waals surface area contributed by atoms with Gasteiger partial charge in [-0.2, -0.15) is 5.26 Å². The fraction of sp³-hybridized carbons (Fsp3) is 0.462. The van der Waals surface area contributed by atoms with Gasteiger partial charge in [0.2, 0.25) is 0 Å². The zero-order valence-corrected chi connectivity index (χ0v) is 10.2. The maximum Gasteiger partial charge on any atom is 0.121 e. The fourth-order valence-corrected chi connectivity index (χ4v) is 1.56. The van der Waals surface area contributed by atoms with Crippen LogP contribution in [0.4, 0.5) is 5.69 Å². The van der Waals surface area contributed by atoms with Gasteiger partial charge in [0.1, 0.15) is 11.8 Å². The third kappa shape index (κ3) is 2.90. The molecular formula is C13H18N2O. The van der Waals surface area contributed by atoms with Crippen molar-refractivity contribution < 1.29 is 4.74 Å². The van der Waals surface area contributed by atoms with Crippen LogP contribution in [0.25, 0.3) is 0 Å². The van der Waals surface area contributed by atoms with Crippen LogP contribution in [-0.4, -0.2) is 20.7 Å². The molecule has 0 aliphatic heterocycles. The van der Waals surface area contributed by atoms with Gasteiger partial charge < -0.3 is 9.64 Å². The molecule has 0 heterocycles. The molecule has 0 spiro atoms. The topological polar surface area (TPSA) is 36.3 Å². The number of methoxy groups -OCH3 is 1. The molecule has 0 N–H and O–H groups in total. The molecule has 0 aromatic heterocycles. The van der Waals surface area contributed by atoms with E-state index in [0.29, 0.717) is 5.56 Å². The van der Waals surface area contributed by atoms with Crippen LogP contribution >= 0.6 is 0 Å². The minimum Gasteiger partial charge on any atom is -0.497 e. The molecule has 86 valence electrons. The second-order valence-corrected chi connectivity index (χ2v) is 3.77. The monoisotopic (exact) mass is 218 g/mol. The van der Waals surface area contributed by atoms with Gasteiger partial charge >= 0.3 is 0 Å². The molecule has 0 fully saturated rings. The molecular weight excluding hydrogens is 200 g/mol. The number of hydrogen-bond acceptors (Lipinski definition) is 3.